The molecule has 3 rings (SSSR count). The van der Waals surface area contributed by atoms with Crippen molar-refractivity contribution in [3.63, 3.8) is 0 Å². The molecule has 3 N–H and O–H groups in total. The summed E-state index contributed by atoms with van der Waals surface area (Å²) in [6, 6.07) is 14.9. The van der Waals surface area contributed by atoms with Crippen LogP contribution in [0.25, 0.3) is 0 Å². The van der Waals surface area contributed by atoms with Crippen molar-refractivity contribution in [3.05, 3.63) is 82.9 Å². The number of carbonyl (C=O) groups is 1. The number of esters is 1. The number of thiocarbonyl (C=S) groups is 1. The molecule has 1 heterocycles. The lowest BCUT2D eigenvalue weighted by Crippen LogP contribution is -2.39. The summed E-state index contributed by atoms with van der Waals surface area (Å²) in [6.45, 7) is 4.17. The van der Waals surface area contributed by atoms with Gasteiger partial charge in [0.2, 0.25) is 11.9 Å². The van der Waals surface area contributed by atoms with Crippen LogP contribution < -0.4 is 16.0 Å². The summed E-state index contributed by atoms with van der Waals surface area (Å²) in [7, 11) is 1.33. The number of halogens is 1. The summed E-state index contributed by atoms with van der Waals surface area (Å²) < 4.78 is 17.8. The number of rotatable bonds is 6. The van der Waals surface area contributed by atoms with Crippen LogP contribution in [-0.2, 0) is 11.2 Å². The first-order valence-electron chi connectivity index (χ1n) is 10.5. The van der Waals surface area contributed by atoms with Crippen molar-refractivity contribution in [2.45, 2.75) is 20.3 Å². The van der Waals surface area contributed by atoms with E-state index in [2.05, 4.69) is 30.9 Å². The van der Waals surface area contributed by atoms with Crippen LogP contribution in [0.5, 0.6) is 0 Å². The summed E-state index contributed by atoms with van der Waals surface area (Å²) in [6.07, 6.45) is 0.607. The molecule has 0 amide bonds. The molecule has 3 aromatic rings. The first kappa shape index (κ1) is 24.7. The van der Waals surface area contributed by atoms with Crippen molar-refractivity contribution in [3.8, 4) is 0 Å². The van der Waals surface area contributed by atoms with Crippen LogP contribution in [-0.4, -0.2) is 40.7 Å². The molecular weight excluding hydrogens is 455 g/mol. The van der Waals surface area contributed by atoms with Gasteiger partial charge in [-0.05, 0) is 80.5 Å². The Balaban J connectivity index is 1.70. The Kier molecular flexibility index (Phi) is 8.58. The van der Waals surface area contributed by atoms with Gasteiger partial charge in [0.25, 0.3) is 0 Å². The molecule has 0 aliphatic carbocycles. The minimum Gasteiger partial charge on any atom is -0.465 e. The molecule has 176 valence electrons. The average Bonchev–Trinajstić information content (AvgIpc) is 2.79. The summed E-state index contributed by atoms with van der Waals surface area (Å²) in [5, 5.41) is 9.42. The average molecular weight is 481 g/mol. The normalized spacial score (nSPS) is 11.0. The van der Waals surface area contributed by atoms with Crippen LogP contribution in [0.2, 0.25) is 0 Å². The minimum absolute atomic E-state index is 0.278. The van der Waals surface area contributed by atoms with E-state index in [9.17, 15) is 9.18 Å². The van der Waals surface area contributed by atoms with Crippen molar-refractivity contribution in [1.29, 1.82) is 0 Å². The summed E-state index contributed by atoms with van der Waals surface area (Å²) in [5.74, 6) is 0.0475. The second-order valence-corrected chi connectivity index (χ2v) is 7.76. The fourth-order valence-electron chi connectivity index (χ4n) is 3.02. The van der Waals surface area contributed by atoms with E-state index in [4.69, 9.17) is 17.0 Å². The highest BCUT2D eigenvalue weighted by Crippen LogP contribution is 2.11. The van der Waals surface area contributed by atoms with Crippen LogP contribution >= 0.6 is 12.2 Å². The first-order valence-corrected chi connectivity index (χ1v) is 10.9. The quantitative estimate of drug-likeness (QED) is 0.211. The number of ether oxygens (including phenoxy) is 1. The molecule has 0 unspecified atom stereocenters. The predicted molar refractivity (Wildman–Crippen MR) is 135 cm³/mol. The molecule has 8 nitrogen and oxygen atoms in total. The zero-order valence-corrected chi connectivity index (χ0v) is 19.9. The third-order valence-corrected chi connectivity index (χ3v) is 4.80. The summed E-state index contributed by atoms with van der Waals surface area (Å²) in [4.78, 5) is 24.9. The topological polar surface area (TPSA) is 101 Å². The van der Waals surface area contributed by atoms with Crippen molar-refractivity contribution >= 4 is 40.9 Å². The van der Waals surface area contributed by atoms with E-state index in [-0.39, 0.29) is 10.9 Å². The molecule has 0 aliphatic rings. The van der Waals surface area contributed by atoms with Gasteiger partial charge < -0.3 is 15.4 Å². The van der Waals surface area contributed by atoms with E-state index in [0.717, 1.165) is 17.0 Å². The number of methoxy groups -OCH3 is 1. The number of guanidine groups is 1. The maximum absolute atomic E-state index is 13.1. The zero-order chi connectivity index (χ0) is 24.5. The molecule has 0 atom stereocenters. The molecule has 0 radical (unpaired) electrons. The van der Waals surface area contributed by atoms with Gasteiger partial charge in [-0.25, -0.2) is 19.2 Å². The van der Waals surface area contributed by atoms with E-state index in [1.54, 1.807) is 36.4 Å². The molecule has 34 heavy (non-hydrogen) atoms. The lowest BCUT2D eigenvalue weighted by molar-refractivity contribution is 0.0601. The number of aromatic nitrogens is 2. The Morgan fingerprint density at radius 2 is 1.68 bits per heavy atom. The van der Waals surface area contributed by atoms with Crippen molar-refractivity contribution in [1.82, 2.24) is 15.3 Å². The molecule has 0 aliphatic heterocycles. The Hall–Kier alpha value is -3.92. The van der Waals surface area contributed by atoms with Crippen LogP contribution in [0.3, 0.4) is 0 Å². The molecule has 0 spiro atoms. The minimum atomic E-state index is -0.416. The van der Waals surface area contributed by atoms with Gasteiger partial charge in [-0.3, -0.25) is 10.3 Å². The predicted octanol–water partition coefficient (Wildman–Crippen LogP) is 4.02. The Morgan fingerprint density at radius 1 is 1.03 bits per heavy atom. The van der Waals surface area contributed by atoms with E-state index < -0.39 is 5.97 Å². The van der Waals surface area contributed by atoms with Gasteiger partial charge in [-0.2, -0.15) is 0 Å². The van der Waals surface area contributed by atoms with Gasteiger partial charge in [0, 0.05) is 23.6 Å². The first-order chi connectivity index (χ1) is 16.3. The lowest BCUT2D eigenvalue weighted by atomic mass is 10.1. The number of benzene rings is 2. The third kappa shape index (κ3) is 7.59. The molecule has 10 heteroatoms. The monoisotopic (exact) mass is 480 g/mol. The fourth-order valence-corrected chi connectivity index (χ4v) is 3.24. The number of carbonyl (C=O) groups excluding carboxylic acids is 1. The molecule has 0 saturated carbocycles. The lowest BCUT2D eigenvalue weighted by Gasteiger charge is -2.14. The fraction of sp³-hybridized carbons (Fsp3) is 0.208. The zero-order valence-electron chi connectivity index (χ0n) is 19.1. The second-order valence-electron chi connectivity index (χ2n) is 7.35. The van der Waals surface area contributed by atoms with Crippen LogP contribution in [0.1, 0.15) is 27.3 Å². The Morgan fingerprint density at radius 3 is 2.29 bits per heavy atom. The smallest absolute Gasteiger partial charge is 0.337 e. The SMILES string of the molecule is COC(=O)c1ccc(NC(=S)NC(=NCCc2ccc(F)cc2)Nc2nc(C)cc(C)n2)cc1. The largest absolute Gasteiger partial charge is 0.465 e. The van der Waals surface area contributed by atoms with E-state index in [1.165, 1.54) is 19.2 Å². The van der Waals surface area contributed by atoms with Gasteiger partial charge in [0.15, 0.2) is 5.11 Å². The Labute approximate surface area is 202 Å². The summed E-state index contributed by atoms with van der Waals surface area (Å²) >= 11 is 5.43. The number of nitrogens with one attached hydrogen (secondary N) is 3. The molecular formula is C24H25FN6O2S. The number of anilines is 2. The number of hydrogen-bond donors (Lipinski definition) is 3. The van der Waals surface area contributed by atoms with Crippen LogP contribution in [0.15, 0.2) is 59.6 Å². The highest BCUT2D eigenvalue weighted by Gasteiger charge is 2.09. The molecule has 0 saturated heterocycles. The second kappa shape index (κ2) is 11.8. The molecule has 1 aromatic heterocycles. The maximum atomic E-state index is 13.1. The van der Waals surface area contributed by atoms with Gasteiger partial charge >= 0.3 is 5.97 Å². The van der Waals surface area contributed by atoms with E-state index in [0.29, 0.717) is 36.1 Å². The van der Waals surface area contributed by atoms with E-state index in [1.807, 2.05) is 19.9 Å². The number of aryl methyl sites for hydroxylation is 2. The van der Waals surface area contributed by atoms with Crippen LogP contribution in [0.4, 0.5) is 16.0 Å². The number of nitrogens with zero attached hydrogens (tertiary/aromatic N) is 3. The third-order valence-electron chi connectivity index (χ3n) is 4.59. The molecule has 0 fully saturated rings. The standard InChI is InChI=1S/C24H25FN6O2S/c1-15-14-16(2)28-23(27-15)30-22(26-13-12-17-4-8-19(25)9-5-17)31-24(34)29-20-10-6-18(7-11-20)21(32)33-3/h4-11,14H,12-13H2,1-3H3,(H3,26,27,28,29,30,31,34). The van der Waals surface area contributed by atoms with Crippen molar-refractivity contribution in [2.75, 3.05) is 24.3 Å². The molecule has 2 aromatic carbocycles. The van der Waals surface area contributed by atoms with Gasteiger partial charge in [0.1, 0.15) is 5.82 Å². The summed E-state index contributed by atoms with van der Waals surface area (Å²) in [5.41, 5.74) is 3.69. The number of hydrogen-bond acceptors (Lipinski definition) is 6. The van der Waals surface area contributed by atoms with Crippen molar-refractivity contribution < 1.29 is 13.9 Å². The van der Waals surface area contributed by atoms with Crippen molar-refractivity contribution in [2.24, 2.45) is 4.99 Å². The maximum Gasteiger partial charge on any atom is 0.337 e. The van der Waals surface area contributed by atoms with Gasteiger partial charge in [-0.1, -0.05) is 12.1 Å². The van der Waals surface area contributed by atoms with Gasteiger partial charge in [0.05, 0.1) is 12.7 Å². The highest BCUT2D eigenvalue weighted by molar-refractivity contribution is 7.80. The van der Waals surface area contributed by atoms with Gasteiger partial charge in [-0.15, -0.1) is 0 Å². The highest BCUT2D eigenvalue weighted by atomic mass is 32.1. The Bertz CT molecular complexity index is 1160. The van der Waals surface area contributed by atoms with Crippen LogP contribution in [0, 0.1) is 19.7 Å². The number of aliphatic imine (C=N–C) groups is 1. The van der Waals surface area contributed by atoms with E-state index >= 15 is 0 Å². The molecule has 0 bridgehead atoms.